The molecule has 26 heavy (non-hydrogen) atoms. The Balaban J connectivity index is 1.75. The minimum Gasteiger partial charge on any atom is -0.429 e. The van der Waals surface area contributed by atoms with Crippen molar-refractivity contribution in [2.75, 3.05) is 0 Å². The Bertz CT molecular complexity index is 739. The number of ether oxygens (including phenoxy) is 1. The first-order valence-corrected chi connectivity index (χ1v) is 8.89. The SMILES string of the molecule is Cc1c(F)cc(OC(F)(F)c2ccc(C3CCC(C)CC3)cc2)cc1F. The Kier molecular flexibility index (Phi) is 5.26. The third-order valence-corrected chi connectivity index (χ3v) is 5.23. The normalized spacial score (nSPS) is 20.8. The fraction of sp³-hybridized carbons (Fsp3) is 0.429. The average molecular weight is 366 g/mol. The molecule has 0 unspecified atom stereocenters. The van der Waals surface area contributed by atoms with Gasteiger partial charge in [0.2, 0.25) is 0 Å². The largest absolute Gasteiger partial charge is 0.429 e. The monoisotopic (exact) mass is 366 g/mol. The number of hydrogen-bond donors (Lipinski definition) is 0. The number of halogens is 4. The summed E-state index contributed by atoms with van der Waals surface area (Å²) in [6, 6.07) is 7.59. The molecule has 2 aromatic rings. The third-order valence-electron chi connectivity index (χ3n) is 5.23. The molecule has 5 heteroatoms. The molecule has 0 spiro atoms. The van der Waals surface area contributed by atoms with Crippen LogP contribution < -0.4 is 4.74 Å². The Morgan fingerprint density at radius 1 is 0.923 bits per heavy atom. The van der Waals surface area contributed by atoms with Crippen LogP contribution in [-0.2, 0) is 6.11 Å². The molecular formula is C21H22F4O. The van der Waals surface area contributed by atoms with Gasteiger partial charge in [0.05, 0.1) is 5.56 Å². The second kappa shape index (κ2) is 7.29. The molecule has 0 aliphatic heterocycles. The van der Waals surface area contributed by atoms with Crippen LogP contribution in [0.4, 0.5) is 17.6 Å². The smallest absolute Gasteiger partial charge is 0.426 e. The zero-order valence-electron chi connectivity index (χ0n) is 14.9. The van der Waals surface area contributed by atoms with Gasteiger partial charge in [-0.05, 0) is 49.3 Å². The van der Waals surface area contributed by atoms with E-state index in [1.165, 1.54) is 19.1 Å². The van der Waals surface area contributed by atoms with Crippen LogP contribution in [0.5, 0.6) is 5.75 Å². The van der Waals surface area contributed by atoms with Gasteiger partial charge in [-0.15, -0.1) is 0 Å². The molecule has 0 saturated heterocycles. The molecule has 1 aliphatic carbocycles. The highest BCUT2D eigenvalue weighted by molar-refractivity contribution is 5.32. The highest BCUT2D eigenvalue weighted by Gasteiger charge is 2.35. The van der Waals surface area contributed by atoms with E-state index < -0.39 is 23.5 Å². The fourth-order valence-corrected chi connectivity index (χ4v) is 3.43. The lowest BCUT2D eigenvalue weighted by Crippen LogP contribution is -2.22. The van der Waals surface area contributed by atoms with Crippen LogP contribution in [0.25, 0.3) is 0 Å². The minimum absolute atomic E-state index is 0.230. The minimum atomic E-state index is -3.67. The van der Waals surface area contributed by atoms with E-state index in [0.29, 0.717) is 5.92 Å². The van der Waals surface area contributed by atoms with Crippen molar-refractivity contribution >= 4 is 0 Å². The highest BCUT2D eigenvalue weighted by Crippen LogP contribution is 2.37. The zero-order chi connectivity index (χ0) is 18.9. The van der Waals surface area contributed by atoms with Gasteiger partial charge in [-0.1, -0.05) is 31.9 Å². The second-order valence-electron chi connectivity index (χ2n) is 7.21. The molecule has 0 atom stereocenters. The molecule has 3 rings (SSSR count). The zero-order valence-corrected chi connectivity index (χ0v) is 14.9. The lowest BCUT2D eigenvalue weighted by Gasteiger charge is -2.27. The van der Waals surface area contributed by atoms with Crippen molar-refractivity contribution < 1.29 is 22.3 Å². The van der Waals surface area contributed by atoms with Crippen molar-refractivity contribution in [2.45, 2.75) is 51.6 Å². The van der Waals surface area contributed by atoms with Gasteiger partial charge in [0, 0.05) is 17.7 Å². The van der Waals surface area contributed by atoms with Gasteiger partial charge in [-0.25, -0.2) is 8.78 Å². The van der Waals surface area contributed by atoms with Crippen LogP contribution in [0.3, 0.4) is 0 Å². The van der Waals surface area contributed by atoms with Crippen LogP contribution in [-0.4, -0.2) is 0 Å². The molecule has 1 fully saturated rings. The maximum atomic E-state index is 14.4. The summed E-state index contributed by atoms with van der Waals surface area (Å²) in [5.41, 5.74) is 0.475. The number of rotatable bonds is 4. The first kappa shape index (κ1) is 18.7. The van der Waals surface area contributed by atoms with E-state index in [1.54, 1.807) is 12.1 Å². The van der Waals surface area contributed by atoms with Crippen molar-refractivity contribution in [1.82, 2.24) is 0 Å². The van der Waals surface area contributed by atoms with Crippen molar-refractivity contribution in [1.29, 1.82) is 0 Å². The summed E-state index contributed by atoms with van der Waals surface area (Å²) < 4.78 is 60.4. The Morgan fingerprint density at radius 2 is 1.46 bits per heavy atom. The maximum Gasteiger partial charge on any atom is 0.426 e. The number of hydrogen-bond acceptors (Lipinski definition) is 1. The van der Waals surface area contributed by atoms with Gasteiger partial charge in [-0.3, -0.25) is 0 Å². The molecule has 0 N–H and O–H groups in total. The van der Waals surface area contributed by atoms with Crippen LogP contribution in [0.1, 0.15) is 55.2 Å². The first-order valence-electron chi connectivity index (χ1n) is 8.89. The van der Waals surface area contributed by atoms with Crippen LogP contribution in [0.15, 0.2) is 36.4 Å². The molecule has 1 aliphatic rings. The van der Waals surface area contributed by atoms with E-state index in [0.717, 1.165) is 49.3 Å². The van der Waals surface area contributed by atoms with Crippen LogP contribution in [0.2, 0.25) is 0 Å². The molecule has 0 aromatic heterocycles. The summed E-state index contributed by atoms with van der Waals surface area (Å²) >= 11 is 0. The van der Waals surface area contributed by atoms with E-state index in [4.69, 9.17) is 0 Å². The maximum absolute atomic E-state index is 14.4. The molecule has 1 saturated carbocycles. The van der Waals surface area contributed by atoms with Gasteiger partial charge in [-0.2, -0.15) is 8.78 Å². The summed E-state index contributed by atoms with van der Waals surface area (Å²) in [5, 5.41) is 0. The predicted octanol–water partition coefficient (Wildman–Crippen LogP) is 6.70. The molecule has 2 aromatic carbocycles. The average Bonchev–Trinajstić information content (AvgIpc) is 2.60. The van der Waals surface area contributed by atoms with Gasteiger partial charge in [0.15, 0.2) is 0 Å². The van der Waals surface area contributed by atoms with Crippen molar-refractivity contribution in [2.24, 2.45) is 5.92 Å². The molecule has 1 nitrogen and oxygen atoms in total. The highest BCUT2D eigenvalue weighted by atomic mass is 19.3. The Morgan fingerprint density at radius 3 is 2.00 bits per heavy atom. The lowest BCUT2D eigenvalue weighted by atomic mass is 9.79. The van der Waals surface area contributed by atoms with Crippen LogP contribution in [0, 0.1) is 24.5 Å². The molecule has 0 amide bonds. The van der Waals surface area contributed by atoms with E-state index in [2.05, 4.69) is 11.7 Å². The van der Waals surface area contributed by atoms with E-state index in [9.17, 15) is 17.6 Å². The van der Waals surface area contributed by atoms with Crippen LogP contribution >= 0.6 is 0 Å². The Labute approximate surface area is 151 Å². The van der Waals surface area contributed by atoms with Gasteiger partial charge >= 0.3 is 6.11 Å². The lowest BCUT2D eigenvalue weighted by molar-refractivity contribution is -0.185. The first-order chi connectivity index (χ1) is 12.3. The van der Waals surface area contributed by atoms with E-state index >= 15 is 0 Å². The fourth-order valence-electron chi connectivity index (χ4n) is 3.43. The molecule has 0 bridgehead atoms. The Hall–Kier alpha value is -2.04. The topological polar surface area (TPSA) is 9.23 Å². The summed E-state index contributed by atoms with van der Waals surface area (Å²) in [6.45, 7) is 3.46. The summed E-state index contributed by atoms with van der Waals surface area (Å²) in [7, 11) is 0. The quantitative estimate of drug-likeness (QED) is 0.547. The molecule has 0 radical (unpaired) electrons. The van der Waals surface area contributed by atoms with Gasteiger partial charge in [0.1, 0.15) is 17.4 Å². The molecular weight excluding hydrogens is 344 g/mol. The molecule has 140 valence electrons. The number of alkyl halides is 2. The third kappa shape index (κ3) is 4.02. The van der Waals surface area contributed by atoms with Crippen molar-refractivity contribution in [3.8, 4) is 5.75 Å². The summed E-state index contributed by atoms with van der Waals surface area (Å²) in [4.78, 5) is 0. The summed E-state index contributed by atoms with van der Waals surface area (Å²) in [5.74, 6) is -1.26. The van der Waals surface area contributed by atoms with E-state index in [1.807, 2.05) is 0 Å². The standard InChI is InChI=1S/C21H22F4O/c1-13-3-5-15(6-4-13)16-7-9-17(10-8-16)21(24,25)26-18-11-19(22)14(2)20(23)12-18/h7-13,15H,3-6H2,1-2H3. The van der Waals surface area contributed by atoms with Crippen molar-refractivity contribution in [3.63, 3.8) is 0 Å². The van der Waals surface area contributed by atoms with E-state index in [-0.39, 0.29) is 11.1 Å². The summed E-state index contributed by atoms with van der Waals surface area (Å²) in [6.07, 6.45) is 0.755. The van der Waals surface area contributed by atoms with Gasteiger partial charge < -0.3 is 4.74 Å². The predicted molar refractivity (Wildman–Crippen MR) is 92.4 cm³/mol. The second-order valence-corrected chi connectivity index (χ2v) is 7.21. The van der Waals surface area contributed by atoms with Crippen molar-refractivity contribution in [3.05, 3.63) is 64.7 Å². The van der Waals surface area contributed by atoms with Gasteiger partial charge in [0.25, 0.3) is 0 Å². The number of benzene rings is 2. The molecule has 0 heterocycles.